The van der Waals surface area contributed by atoms with Gasteiger partial charge in [0.2, 0.25) is 0 Å². The van der Waals surface area contributed by atoms with Crippen LogP contribution >= 0.6 is 0 Å². The SMILES string of the molecule is CC(C)(C)C1CCC2(CC1)COC(N)=N2. The smallest absolute Gasteiger partial charge is 0.282 e. The number of nitrogens with zero attached hydrogens (tertiary/aromatic N) is 1. The fourth-order valence-electron chi connectivity index (χ4n) is 2.78. The van der Waals surface area contributed by atoms with E-state index in [4.69, 9.17) is 10.5 Å². The van der Waals surface area contributed by atoms with Gasteiger partial charge in [-0.15, -0.1) is 0 Å². The van der Waals surface area contributed by atoms with Gasteiger partial charge in [-0.25, -0.2) is 4.99 Å². The number of nitrogens with two attached hydrogens (primary N) is 1. The van der Waals surface area contributed by atoms with Crippen molar-refractivity contribution >= 4 is 6.02 Å². The van der Waals surface area contributed by atoms with Crippen molar-refractivity contribution in [2.75, 3.05) is 6.61 Å². The van der Waals surface area contributed by atoms with E-state index in [1.807, 2.05) is 0 Å². The second-order valence-electron chi connectivity index (χ2n) is 6.10. The van der Waals surface area contributed by atoms with Gasteiger partial charge in [0.1, 0.15) is 12.1 Å². The maximum atomic E-state index is 5.59. The molecule has 0 amide bonds. The van der Waals surface area contributed by atoms with Crippen LogP contribution in [0.15, 0.2) is 4.99 Å². The largest absolute Gasteiger partial charge is 0.463 e. The van der Waals surface area contributed by atoms with E-state index in [2.05, 4.69) is 25.8 Å². The Kier molecular flexibility index (Phi) is 2.44. The van der Waals surface area contributed by atoms with Crippen LogP contribution in [0.2, 0.25) is 0 Å². The third kappa shape index (κ3) is 2.11. The molecule has 15 heavy (non-hydrogen) atoms. The Morgan fingerprint density at radius 3 is 2.33 bits per heavy atom. The van der Waals surface area contributed by atoms with E-state index < -0.39 is 0 Å². The summed E-state index contributed by atoms with van der Waals surface area (Å²) in [4.78, 5) is 4.47. The molecule has 86 valence electrons. The van der Waals surface area contributed by atoms with Gasteiger partial charge in [0.25, 0.3) is 6.02 Å². The lowest BCUT2D eigenvalue weighted by atomic mass is 9.68. The van der Waals surface area contributed by atoms with E-state index in [1.54, 1.807) is 0 Å². The molecule has 1 saturated carbocycles. The predicted molar refractivity (Wildman–Crippen MR) is 61.7 cm³/mol. The molecule has 0 saturated heterocycles. The Hall–Kier alpha value is -0.730. The van der Waals surface area contributed by atoms with E-state index in [-0.39, 0.29) is 5.54 Å². The first-order valence-corrected chi connectivity index (χ1v) is 5.89. The summed E-state index contributed by atoms with van der Waals surface area (Å²) in [6.45, 7) is 7.70. The first-order chi connectivity index (χ1) is 6.91. The van der Waals surface area contributed by atoms with Crippen molar-refractivity contribution in [2.24, 2.45) is 22.1 Å². The maximum Gasteiger partial charge on any atom is 0.282 e. The molecule has 2 N–H and O–H groups in total. The fourth-order valence-corrected chi connectivity index (χ4v) is 2.78. The minimum Gasteiger partial charge on any atom is -0.463 e. The predicted octanol–water partition coefficient (Wildman–Crippen LogP) is 2.31. The highest BCUT2D eigenvalue weighted by Crippen LogP contribution is 2.44. The number of hydrogen-bond acceptors (Lipinski definition) is 3. The number of amidine groups is 1. The molecule has 3 heteroatoms. The van der Waals surface area contributed by atoms with Crippen LogP contribution in [0.1, 0.15) is 46.5 Å². The summed E-state index contributed by atoms with van der Waals surface area (Å²) in [6, 6.07) is 0.393. The molecule has 0 aromatic rings. The van der Waals surface area contributed by atoms with Crippen LogP contribution in [0.25, 0.3) is 0 Å². The average molecular weight is 210 g/mol. The van der Waals surface area contributed by atoms with Crippen LogP contribution in [-0.4, -0.2) is 18.2 Å². The molecule has 0 aromatic heterocycles. The molecule has 1 heterocycles. The van der Waals surface area contributed by atoms with Crippen molar-refractivity contribution in [3.63, 3.8) is 0 Å². The molecule has 0 aromatic carbocycles. The molecule has 1 fully saturated rings. The fraction of sp³-hybridized carbons (Fsp3) is 0.917. The van der Waals surface area contributed by atoms with Crippen molar-refractivity contribution in [3.8, 4) is 0 Å². The normalized spacial score (nSPS) is 36.5. The van der Waals surface area contributed by atoms with Crippen molar-refractivity contribution in [2.45, 2.75) is 52.0 Å². The van der Waals surface area contributed by atoms with Crippen molar-refractivity contribution in [3.05, 3.63) is 0 Å². The third-order valence-corrected chi connectivity index (χ3v) is 3.98. The van der Waals surface area contributed by atoms with Crippen LogP contribution < -0.4 is 5.73 Å². The first-order valence-electron chi connectivity index (χ1n) is 5.89. The van der Waals surface area contributed by atoms with Crippen molar-refractivity contribution in [1.29, 1.82) is 0 Å². The molecule has 0 atom stereocenters. The number of ether oxygens (including phenoxy) is 1. The molecule has 1 spiro atoms. The summed E-state index contributed by atoms with van der Waals surface area (Å²) >= 11 is 0. The number of aliphatic imine (C=N–C) groups is 1. The maximum absolute atomic E-state index is 5.59. The summed E-state index contributed by atoms with van der Waals surface area (Å²) in [5.41, 5.74) is 6.05. The highest BCUT2D eigenvalue weighted by Gasteiger charge is 2.42. The van der Waals surface area contributed by atoms with Crippen LogP contribution in [0.3, 0.4) is 0 Å². The summed E-state index contributed by atoms with van der Waals surface area (Å²) in [5, 5.41) is 0. The zero-order chi connectivity index (χ0) is 11.1. The molecular formula is C12H22N2O. The molecule has 1 aliphatic carbocycles. The molecule has 0 radical (unpaired) electrons. The Labute approximate surface area is 92.1 Å². The standard InChI is InChI=1S/C12H22N2O/c1-11(2,3)9-4-6-12(7-5-9)8-15-10(13)14-12/h9H,4-8H2,1-3H3,(H2,13,14). The van der Waals surface area contributed by atoms with Gasteiger partial charge in [-0.2, -0.15) is 0 Å². The van der Waals surface area contributed by atoms with Gasteiger partial charge in [0.15, 0.2) is 0 Å². The molecule has 3 nitrogen and oxygen atoms in total. The Balaban J connectivity index is 1.98. The van der Waals surface area contributed by atoms with Crippen LogP contribution in [-0.2, 0) is 4.74 Å². The summed E-state index contributed by atoms with van der Waals surface area (Å²) in [6.07, 6.45) is 4.78. The average Bonchev–Trinajstić information content (AvgIpc) is 2.47. The van der Waals surface area contributed by atoms with Gasteiger partial charge in [0, 0.05) is 0 Å². The highest BCUT2D eigenvalue weighted by atomic mass is 16.5. The molecule has 0 unspecified atom stereocenters. The lowest BCUT2D eigenvalue weighted by Gasteiger charge is -2.39. The molecule has 2 aliphatic rings. The van der Waals surface area contributed by atoms with Gasteiger partial charge in [-0.05, 0) is 37.0 Å². The zero-order valence-corrected chi connectivity index (χ0v) is 10.0. The van der Waals surface area contributed by atoms with Crippen molar-refractivity contribution in [1.82, 2.24) is 0 Å². The lowest BCUT2D eigenvalue weighted by molar-refractivity contribution is 0.116. The van der Waals surface area contributed by atoms with Crippen LogP contribution in [0.5, 0.6) is 0 Å². The molecular weight excluding hydrogens is 188 g/mol. The lowest BCUT2D eigenvalue weighted by Crippen LogP contribution is -2.37. The van der Waals surface area contributed by atoms with E-state index in [0.29, 0.717) is 18.0 Å². The highest BCUT2D eigenvalue weighted by molar-refractivity contribution is 5.73. The Bertz CT molecular complexity index is 270. The van der Waals surface area contributed by atoms with Crippen LogP contribution in [0.4, 0.5) is 0 Å². The summed E-state index contributed by atoms with van der Waals surface area (Å²) in [5.74, 6) is 0.820. The monoisotopic (exact) mass is 210 g/mol. The zero-order valence-electron chi connectivity index (χ0n) is 10.0. The third-order valence-electron chi connectivity index (χ3n) is 3.98. The van der Waals surface area contributed by atoms with Crippen LogP contribution in [0, 0.1) is 11.3 Å². The van der Waals surface area contributed by atoms with Crippen molar-refractivity contribution < 1.29 is 4.74 Å². The van der Waals surface area contributed by atoms with Gasteiger partial charge in [-0.3, -0.25) is 0 Å². The van der Waals surface area contributed by atoms with Gasteiger partial charge < -0.3 is 10.5 Å². The summed E-state index contributed by atoms with van der Waals surface area (Å²) < 4.78 is 5.29. The minimum atomic E-state index is 0.0336. The van der Waals surface area contributed by atoms with E-state index in [9.17, 15) is 0 Å². The van der Waals surface area contributed by atoms with Gasteiger partial charge in [0.05, 0.1) is 0 Å². The van der Waals surface area contributed by atoms with E-state index >= 15 is 0 Å². The topological polar surface area (TPSA) is 47.6 Å². The van der Waals surface area contributed by atoms with Gasteiger partial charge in [-0.1, -0.05) is 20.8 Å². The van der Waals surface area contributed by atoms with E-state index in [1.165, 1.54) is 12.8 Å². The Morgan fingerprint density at radius 1 is 1.33 bits per heavy atom. The number of rotatable bonds is 0. The molecule has 2 rings (SSSR count). The summed E-state index contributed by atoms with van der Waals surface area (Å²) in [7, 11) is 0. The number of hydrogen-bond donors (Lipinski definition) is 1. The molecule has 0 bridgehead atoms. The first kappa shape index (κ1) is 10.8. The second-order valence-corrected chi connectivity index (χ2v) is 6.10. The Morgan fingerprint density at radius 2 is 1.93 bits per heavy atom. The quantitative estimate of drug-likeness (QED) is 0.667. The molecule has 1 aliphatic heterocycles. The van der Waals surface area contributed by atoms with Gasteiger partial charge >= 0.3 is 0 Å². The second kappa shape index (κ2) is 3.39. The van der Waals surface area contributed by atoms with E-state index in [0.717, 1.165) is 18.8 Å². The minimum absolute atomic E-state index is 0.0336.